The highest BCUT2D eigenvalue weighted by molar-refractivity contribution is 5.96. The Labute approximate surface area is 548 Å². The van der Waals surface area contributed by atoms with Crippen molar-refractivity contribution in [2.45, 2.75) is 200 Å². The van der Waals surface area contributed by atoms with Gasteiger partial charge in [0.25, 0.3) is 0 Å². The Kier molecular flexibility index (Phi) is 29.0. The lowest BCUT2D eigenvalue weighted by Crippen LogP contribution is -2.61. The fourth-order valence-corrected chi connectivity index (χ4v) is 10.8. The number of aliphatic carboxylic acids is 1. The van der Waals surface area contributed by atoms with Crippen LogP contribution < -0.4 is 42.4 Å². The summed E-state index contributed by atoms with van der Waals surface area (Å²) in [5.41, 5.74) is 7.44. The van der Waals surface area contributed by atoms with E-state index >= 15 is 4.79 Å². The van der Waals surface area contributed by atoms with Gasteiger partial charge in [-0.25, -0.2) is 9.59 Å². The molecule has 7 amide bonds. The average molecular weight is 1290 g/mol. The Morgan fingerprint density at radius 2 is 1.11 bits per heavy atom. The van der Waals surface area contributed by atoms with Crippen LogP contribution in [0.25, 0.3) is 0 Å². The quantitative estimate of drug-likeness (QED) is 0.0173. The molecule has 22 nitrogen and oxygen atoms in total. The van der Waals surface area contributed by atoms with Gasteiger partial charge in [0, 0.05) is 32.2 Å². The number of hydrogen-bond donors (Lipinski definition) is 8. The number of carbonyl (C=O) groups is 9. The summed E-state index contributed by atoms with van der Waals surface area (Å²) in [6, 6.07) is 25.4. The summed E-state index contributed by atoms with van der Waals surface area (Å²) in [7, 11) is 1.44. The van der Waals surface area contributed by atoms with Crippen LogP contribution in [0.15, 0.2) is 115 Å². The van der Waals surface area contributed by atoms with Crippen LogP contribution in [-0.4, -0.2) is 144 Å². The monoisotopic (exact) mass is 1290 g/mol. The van der Waals surface area contributed by atoms with Crippen LogP contribution in [0.5, 0.6) is 5.75 Å². The first-order valence-electron chi connectivity index (χ1n) is 32.5. The smallest absolute Gasteiger partial charge is 0.329 e. The van der Waals surface area contributed by atoms with Gasteiger partial charge in [0.05, 0.1) is 19.3 Å². The Bertz CT molecular complexity index is 2990. The number of benzene rings is 4. The summed E-state index contributed by atoms with van der Waals surface area (Å²) in [6.45, 7) is 21.7. The lowest BCUT2D eigenvalue weighted by Gasteiger charge is -2.37. The summed E-state index contributed by atoms with van der Waals surface area (Å²) < 4.78 is 23.2. The van der Waals surface area contributed by atoms with Crippen molar-refractivity contribution >= 4 is 53.3 Å². The lowest BCUT2D eigenvalue weighted by molar-refractivity contribution is -0.158. The third kappa shape index (κ3) is 22.2. The molecular formula is C71H100N8O14. The minimum absolute atomic E-state index is 0.0202. The van der Waals surface area contributed by atoms with Gasteiger partial charge in [-0.2, -0.15) is 0 Å². The van der Waals surface area contributed by atoms with Crippen molar-refractivity contribution in [2.24, 2.45) is 29.4 Å². The number of carboxylic acid groups (broad SMARTS) is 1. The van der Waals surface area contributed by atoms with E-state index in [1.807, 2.05) is 119 Å². The van der Waals surface area contributed by atoms with Crippen molar-refractivity contribution in [2.75, 3.05) is 20.3 Å². The molecule has 0 bridgehead atoms. The molecule has 0 radical (unpaired) electrons. The van der Waals surface area contributed by atoms with E-state index < -0.39 is 137 Å². The SMILES string of the molecule is CC[C@H](C)[C@H](NC(=O)[C@H](Cc1ccc(OC(C)(C)C)cc1)N(C)C(=O)[C@@H](NC(=O)[C@@H](N)CCC1OCCO1)[C@@H](C)CC)C(=O)O[C@H](C)[C@H](NC(=O)[C@H](CCC(=O)NC(c1ccccc1)(c1ccccc1)c1ccccc1)NC(=O)C(C)C)C(=O)N[C@@H](CC(C)C)C(=O)O. The van der Waals surface area contributed by atoms with Gasteiger partial charge >= 0.3 is 11.9 Å². The van der Waals surface area contributed by atoms with Crippen LogP contribution in [0.1, 0.15) is 150 Å². The second-order valence-electron chi connectivity index (χ2n) is 25.9. The number of ether oxygens (including phenoxy) is 4. The van der Waals surface area contributed by atoms with E-state index in [0.717, 1.165) is 16.7 Å². The maximum atomic E-state index is 15.1. The van der Waals surface area contributed by atoms with E-state index in [4.69, 9.17) is 24.7 Å². The van der Waals surface area contributed by atoms with Gasteiger partial charge in [0.15, 0.2) is 6.29 Å². The Morgan fingerprint density at radius 1 is 0.613 bits per heavy atom. The van der Waals surface area contributed by atoms with Gasteiger partial charge in [-0.15, -0.1) is 0 Å². The first kappa shape index (κ1) is 75.5. The molecule has 4 aromatic rings. The molecule has 0 aromatic heterocycles. The number of carboxylic acids is 1. The maximum absolute atomic E-state index is 15.1. The van der Waals surface area contributed by atoms with Crippen molar-refractivity contribution < 1.29 is 67.2 Å². The molecule has 22 heteroatoms. The lowest BCUT2D eigenvalue weighted by atomic mass is 9.77. The number of rotatable bonds is 35. The standard InChI is InChI=1S/C71H100N8O14/c1-14-45(7)59(75-63(82)53(72)35-38-58-90-39-40-91-58)67(86)79(13)56(42-48-31-33-52(34-32-48)93-70(10,11)12)65(84)76-60(46(8)15-2)69(89)92-47(9)61(66(85)74-55(68(87)88)41-43(3)4)77-64(83)54(73-62(81)44(5)6)36-37-57(80)78-71(49-25-19-16-20-26-49,50-27-21-17-22-28-50)51-29-23-18-24-30-51/h16-34,43-47,53-56,58-61H,14-15,35-42,72H2,1-13H3,(H,73,81)(H,74,85)(H,75,82)(H,76,84)(H,77,83)(H,78,80)(H,87,88)/t45-,46-,47+,53-,54-,55-,56-,59-,60-,61-/m0/s1. The van der Waals surface area contributed by atoms with Gasteiger partial charge in [-0.3, -0.25) is 33.6 Å². The molecule has 0 saturated carbocycles. The topological polar surface area (TPSA) is 312 Å². The van der Waals surface area contributed by atoms with Crippen LogP contribution in [0, 0.1) is 23.7 Å². The number of nitrogens with two attached hydrogens (primary N) is 1. The highest BCUT2D eigenvalue weighted by atomic mass is 16.7. The molecule has 0 aliphatic carbocycles. The fourth-order valence-electron chi connectivity index (χ4n) is 10.8. The number of esters is 1. The van der Waals surface area contributed by atoms with E-state index in [-0.39, 0.29) is 38.0 Å². The van der Waals surface area contributed by atoms with E-state index in [2.05, 4.69) is 31.9 Å². The molecule has 508 valence electrons. The van der Waals surface area contributed by atoms with Crippen molar-refractivity contribution in [3.8, 4) is 5.75 Å². The second kappa shape index (κ2) is 35.7. The number of hydrogen-bond acceptors (Lipinski definition) is 14. The van der Waals surface area contributed by atoms with Crippen LogP contribution in [0.3, 0.4) is 0 Å². The molecule has 1 fully saturated rings. The van der Waals surface area contributed by atoms with E-state index in [1.165, 1.54) is 18.9 Å². The molecule has 1 saturated heterocycles. The van der Waals surface area contributed by atoms with Gasteiger partial charge in [0.2, 0.25) is 41.4 Å². The number of carbonyl (C=O) groups excluding carboxylic acids is 8. The van der Waals surface area contributed by atoms with Crippen LogP contribution >= 0.6 is 0 Å². The number of amides is 7. The number of nitrogens with zero attached hydrogens (tertiary/aromatic N) is 1. The third-order valence-corrected chi connectivity index (χ3v) is 16.6. The molecule has 4 aromatic carbocycles. The predicted octanol–water partition coefficient (Wildman–Crippen LogP) is 6.84. The summed E-state index contributed by atoms with van der Waals surface area (Å²) >= 11 is 0. The minimum Gasteiger partial charge on any atom is -0.488 e. The molecule has 1 heterocycles. The zero-order chi connectivity index (χ0) is 68.7. The first-order chi connectivity index (χ1) is 44.0. The molecule has 9 N–H and O–H groups in total. The second-order valence-corrected chi connectivity index (χ2v) is 25.9. The molecular weight excluding hydrogens is 1190 g/mol. The molecule has 1 aliphatic heterocycles. The van der Waals surface area contributed by atoms with E-state index in [0.29, 0.717) is 43.8 Å². The molecule has 93 heavy (non-hydrogen) atoms. The van der Waals surface area contributed by atoms with Crippen molar-refractivity contribution in [3.05, 3.63) is 138 Å². The van der Waals surface area contributed by atoms with Crippen LogP contribution in [0.4, 0.5) is 0 Å². The van der Waals surface area contributed by atoms with Crippen molar-refractivity contribution in [3.63, 3.8) is 0 Å². The highest BCUT2D eigenvalue weighted by Gasteiger charge is 2.42. The molecule has 5 rings (SSSR count). The fraction of sp³-hybridized carbons (Fsp3) is 0.535. The largest absolute Gasteiger partial charge is 0.488 e. The van der Waals surface area contributed by atoms with Crippen molar-refractivity contribution in [1.29, 1.82) is 0 Å². The normalized spacial score (nSPS) is 16.0. The van der Waals surface area contributed by atoms with Crippen LogP contribution in [-0.2, 0) is 69.3 Å². The van der Waals surface area contributed by atoms with Crippen molar-refractivity contribution in [1.82, 2.24) is 36.8 Å². The number of nitrogens with one attached hydrogen (secondary N) is 6. The Morgan fingerprint density at radius 3 is 1.59 bits per heavy atom. The third-order valence-electron chi connectivity index (χ3n) is 16.6. The summed E-state index contributed by atoms with van der Waals surface area (Å²) in [5.74, 6) is -8.86. The van der Waals surface area contributed by atoms with Gasteiger partial charge in [-0.05, 0) is 99.1 Å². The minimum atomic E-state index is -1.83. The van der Waals surface area contributed by atoms with Gasteiger partial charge in [0.1, 0.15) is 59.2 Å². The Balaban J connectivity index is 1.48. The molecule has 10 atom stereocenters. The predicted molar refractivity (Wildman–Crippen MR) is 353 cm³/mol. The average Bonchev–Trinajstić information content (AvgIpc) is 0.850. The summed E-state index contributed by atoms with van der Waals surface area (Å²) in [6.07, 6.45) is -1.50. The zero-order valence-corrected chi connectivity index (χ0v) is 56.3. The highest BCUT2D eigenvalue weighted by Crippen LogP contribution is 2.37. The first-order valence-corrected chi connectivity index (χ1v) is 32.5. The van der Waals surface area contributed by atoms with E-state index in [1.54, 1.807) is 72.7 Å². The number of likely N-dealkylation sites (N-methyl/N-ethyl adjacent to an activating group) is 1. The van der Waals surface area contributed by atoms with Gasteiger partial charge < -0.3 is 66.6 Å². The van der Waals surface area contributed by atoms with Crippen LogP contribution in [0.2, 0.25) is 0 Å². The maximum Gasteiger partial charge on any atom is 0.329 e. The zero-order valence-electron chi connectivity index (χ0n) is 56.3. The molecule has 0 unspecified atom stereocenters. The summed E-state index contributed by atoms with van der Waals surface area (Å²) in [5, 5.41) is 27.1. The summed E-state index contributed by atoms with van der Waals surface area (Å²) in [4.78, 5) is 130. The Hall–Kier alpha value is -8.21. The van der Waals surface area contributed by atoms with E-state index in [9.17, 15) is 43.5 Å². The van der Waals surface area contributed by atoms with Gasteiger partial charge in [-0.1, -0.05) is 171 Å². The molecule has 0 spiro atoms. The molecule has 1 aliphatic rings.